The second-order valence-electron chi connectivity index (χ2n) is 5.18. The maximum absolute atomic E-state index is 10.5. The summed E-state index contributed by atoms with van der Waals surface area (Å²) in [5.41, 5.74) is -0.937. The molecular formula is C11H18O5. The molecule has 2 N–H and O–H groups in total. The van der Waals surface area contributed by atoms with Crippen LogP contribution in [0, 0.1) is 17.8 Å². The highest BCUT2D eigenvalue weighted by molar-refractivity contribution is 5.11. The Hall–Kier alpha value is -0.200. The molecule has 1 aliphatic carbocycles. The molecule has 0 aromatic heterocycles. The van der Waals surface area contributed by atoms with Gasteiger partial charge in [-0.2, -0.15) is 0 Å². The van der Waals surface area contributed by atoms with Crippen LogP contribution in [0.1, 0.15) is 13.3 Å². The van der Waals surface area contributed by atoms with Crippen molar-refractivity contribution in [3.8, 4) is 0 Å². The fourth-order valence-electron chi connectivity index (χ4n) is 3.53. The first-order valence-corrected chi connectivity index (χ1v) is 5.78. The van der Waals surface area contributed by atoms with Gasteiger partial charge in [0.1, 0.15) is 5.60 Å². The number of ether oxygens (including phenoxy) is 3. The number of hydrogen-bond donors (Lipinski definition) is 2. The molecule has 0 bridgehead atoms. The standard InChI is InChI=1S/C11H18O5/c1-5-9(12)6-3-7(14-2)16-10-8(6)11(5,13)4-15-10/h5-10,12-13H,3-4H2,1-2H3/t5-,6-,7+,8-,9-,10+,11+/m1/s1. The predicted octanol–water partition coefficient (Wildman–Crippen LogP) is -0.290. The number of methoxy groups -OCH3 is 1. The summed E-state index contributed by atoms with van der Waals surface area (Å²) < 4.78 is 16.2. The van der Waals surface area contributed by atoms with Gasteiger partial charge in [0.25, 0.3) is 0 Å². The summed E-state index contributed by atoms with van der Waals surface area (Å²) in [7, 11) is 1.58. The third-order valence-electron chi connectivity index (χ3n) is 4.56. The Kier molecular flexibility index (Phi) is 2.32. The van der Waals surface area contributed by atoms with E-state index in [2.05, 4.69) is 0 Å². The van der Waals surface area contributed by atoms with Crippen LogP contribution in [0.3, 0.4) is 0 Å². The molecule has 3 rings (SSSR count). The number of aliphatic hydroxyl groups excluding tert-OH is 1. The lowest BCUT2D eigenvalue weighted by molar-refractivity contribution is -0.274. The van der Waals surface area contributed by atoms with Crippen LogP contribution in [-0.4, -0.2) is 48.2 Å². The van der Waals surface area contributed by atoms with Gasteiger partial charge in [-0.15, -0.1) is 0 Å². The van der Waals surface area contributed by atoms with Gasteiger partial charge in [0.15, 0.2) is 12.6 Å². The van der Waals surface area contributed by atoms with E-state index in [0.717, 1.165) is 0 Å². The molecule has 0 spiro atoms. The summed E-state index contributed by atoms with van der Waals surface area (Å²) in [6, 6.07) is 0. The van der Waals surface area contributed by atoms with E-state index in [4.69, 9.17) is 14.2 Å². The second-order valence-corrected chi connectivity index (χ2v) is 5.18. The topological polar surface area (TPSA) is 68.2 Å². The van der Waals surface area contributed by atoms with Crippen LogP contribution < -0.4 is 0 Å². The Labute approximate surface area is 94.3 Å². The van der Waals surface area contributed by atoms with E-state index in [0.29, 0.717) is 6.42 Å². The van der Waals surface area contributed by atoms with Crippen LogP contribution >= 0.6 is 0 Å². The summed E-state index contributed by atoms with van der Waals surface area (Å²) in [5.74, 6) is -0.290. The molecule has 16 heavy (non-hydrogen) atoms. The predicted molar refractivity (Wildman–Crippen MR) is 53.3 cm³/mol. The van der Waals surface area contributed by atoms with Gasteiger partial charge in [0.2, 0.25) is 0 Å². The maximum Gasteiger partial charge on any atom is 0.166 e. The highest BCUT2D eigenvalue weighted by Crippen LogP contribution is 2.55. The van der Waals surface area contributed by atoms with Crippen LogP contribution in [0.2, 0.25) is 0 Å². The van der Waals surface area contributed by atoms with E-state index in [1.807, 2.05) is 6.92 Å². The zero-order valence-electron chi connectivity index (χ0n) is 9.50. The van der Waals surface area contributed by atoms with Crippen molar-refractivity contribution in [1.29, 1.82) is 0 Å². The highest BCUT2D eigenvalue weighted by Gasteiger charge is 2.66. The molecule has 2 saturated heterocycles. The van der Waals surface area contributed by atoms with Gasteiger partial charge < -0.3 is 24.4 Å². The Morgan fingerprint density at radius 3 is 2.88 bits per heavy atom. The highest BCUT2D eigenvalue weighted by atomic mass is 16.8. The lowest BCUT2D eigenvalue weighted by Gasteiger charge is -2.36. The van der Waals surface area contributed by atoms with Crippen molar-refractivity contribution in [2.75, 3.05) is 13.7 Å². The first-order valence-electron chi connectivity index (χ1n) is 5.78. The SMILES string of the molecule is CO[C@@H]1C[C@H]2[C@H](O)[C@@H](C)[C@@]3(O)CO[C@@H](O1)[C@@H]23. The van der Waals surface area contributed by atoms with Crippen molar-refractivity contribution in [3.63, 3.8) is 0 Å². The summed E-state index contributed by atoms with van der Waals surface area (Å²) in [6.45, 7) is 2.12. The zero-order valence-corrected chi connectivity index (χ0v) is 9.50. The summed E-state index contributed by atoms with van der Waals surface area (Å²) in [4.78, 5) is 0. The van der Waals surface area contributed by atoms with Gasteiger partial charge in [0, 0.05) is 31.3 Å². The number of rotatable bonds is 1. The van der Waals surface area contributed by atoms with Crippen molar-refractivity contribution in [2.45, 2.75) is 37.6 Å². The molecule has 3 fully saturated rings. The lowest BCUT2D eigenvalue weighted by Crippen LogP contribution is -2.45. The number of hydrogen-bond acceptors (Lipinski definition) is 5. The molecule has 5 heteroatoms. The third kappa shape index (κ3) is 1.18. The summed E-state index contributed by atoms with van der Waals surface area (Å²) >= 11 is 0. The molecule has 5 nitrogen and oxygen atoms in total. The monoisotopic (exact) mass is 230 g/mol. The van der Waals surface area contributed by atoms with Crippen LogP contribution in [-0.2, 0) is 14.2 Å². The normalized spacial score (nSPS) is 60.0. The van der Waals surface area contributed by atoms with Crippen molar-refractivity contribution < 1.29 is 24.4 Å². The first kappa shape index (κ1) is 10.9. The molecule has 1 saturated carbocycles. The fourth-order valence-corrected chi connectivity index (χ4v) is 3.53. The van der Waals surface area contributed by atoms with Crippen molar-refractivity contribution in [3.05, 3.63) is 0 Å². The molecule has 0 amide bonds. The number of aliphatic hydroxyl groups is 2. The van der Waals surface area contributed by atoms with Gasteiger partial charge in [-0.25, -0.2) is 0 Å². The largest absolute Gasteiger partial charge is 0.392 e. The lowest BCUT2D eigenvalue weighted by atomic mass is 9.83. The zero-order chi connectivity index (χ0) is 11.5. The van der Waals surface area contributed by atoms with E-state index < -0.39 is 18.0 Å². The van der Waals surface area contributed by atoms with E-state index in [-0.39, 0.29) is 30.7 Å². The minimum absolute atomic E-state index is 0.00574. The summed E-state index contributed by atoms with van der Waals surface area (Å²) in [6.07, 6.45) is -0.653. The van der Waals surface area contributed by atoms with Gasteiger partial charge >= 0.3 is 0 Å². The molecule has 0 aromatic carbocycles. The molecule has 92 valence electrons. The van der Waals surface area contributed by atoms with Crippen LogP contribution in [0.5, 0.6) is 0 Å². The molecule has 3 aliphatic rings. The van der Waals surface area contributed by atoms with E-state index in [1.165, 1.54) is 0 Å². The molecule has 7 atom stereocenters. The average Bonchev–Trinajstić information content (AvgIpc) is 2.73. The molecule has 2 aliphatic heterocycles. The Morgan fingerprint density at radius 1 is 1.44 bits per heavy atom. The molecule has 0 radical (unpaired) electrons. The van der Waals surface area contributed by atoms with Gasteiger partial charge in [-0.1, -0.05) is 6.92 Å². The smallest absolute Gasteiger partial charge is 0.166 e. The van der Waals surface area contributed by atoms with Crippen molar-refractivity contribution >= 4 is 0 Å². The van der Waals surface area contributed by atoms with Crippen molar-refractivity contribution in [2.24, 2.45) is 17.8 Å². The van der Waals surface area contributed by atoms with Gasteiger partial charge in [0.05, 0.1) is 12.7 Å². The minimum atomic E-state index is -0.937. The Morgan fingerprint density at radius 2 is 2.19 bits per heavy atom. The maximum atomic E-state index is 10.5. The average molecular weight is 230 g/mol. The van der Waals surface area contributed by atoms with Crippen LogP contribution in [0.15, 0.2) is 0 Å². The third-order valence-corrected chi connectivity index (χ3v) is 4.56. The molecular weight excluding hydrogens is 212 g/mol. The quantitative estimate of drug-likeness (QED) is 0.648. The van der Waals surface area contributed by atoms with E-state index in [9.17, 15) is 10.2 Å². The molecule has 0 unspecified atom stereocenters. The van der Waals surface area contributed by atoms with Crippen LogP contribution in [0.4, 0.5) is 0 Å². The van der Waals surface area contributed by atoms with Crippen molar-refractivity contribution in [1.82, 2.24) is 0 Å². The van der Waals surface area contributed by atoms with Gasteiger partial charge in [-0.3, -0.25) is 0 Å². The molecule has 2 heterocycles. The first-order chi connectivity index (χ1) is 7.58. The summed E-state index contributed by atoms with van der Waals surface area (Å²) in [5, 5.41) is 20.7. The van der Waals surface area contributed by atoms with Crippen LogP contribution in [0.25, 0.3) is 0 Å². The van der Waals surface area contributed by atoms with E-state index in [1.54, 1.807) is 7.11 Å². The van der Waals surface area contributed by atoms with E-state index >= 15 is 0 Å². The second kappa shape index (κ2) is 3.40. The van der Waals surface area contributed by atoms with Gasteiger partial charge in [-0.05, 0) is 0 Å². The Balaban J connectivity index is 1.93. The minimum Gasteiger partial charge on any atom is -0.392 e. The molecule has 0 aromatic rings. The Bertz CT molecular complexity index is 296. The fraction of sp³-hybridized carbons (Fsp3) is 1.00.